The lowest BCUT2D eigenvalue weighted by molar-refractivity contribution is 0.0253. The van der Waals surface area contributed by atoms with Crippen LogP contribution in [0.1, 0.15) is 18.1 Å². The fourth-order valence-corrected chi connectivity index (χ4v) is 2.52. The van der Waals surface area contributed by atoms with Gasteiger partial charge in [-0.2, -0.15) is 0 Å². The van der Waals surface area contributed by atoms with Gasteiger partial charge >= 0.3 is 0 Å². The van der Waals surface area contributed by atoms with Crippen LogP contribution in [0.25, 0.3) is 0 Å². The van der Waals surface area contributed by atoms with Crippen LogP contribution in [-0.2, 0) is 4.74 Å². The SMILES string of the molecule is Fc1c(C2CNCCO2)cc2c(c1Cl)OCCCO2. The quantitative estimate of drug-likeness (QED) is 0.860. The Bertz CT molecular complexity index is 477. The molecule has 0 radical (unpaired) electrons. The molecule has 104 valence electrons. The van der Waals surface area contributed by atoms with Crippen molar-refractivity contribution in [1.82, 2.24) is 5.32 Å². The number of hydrogen-bond acceptors (Lipinski definition) is 4. The van der Waals surface area contributed by atoms with Crippen LogP contribution >= 0.6 is 11.6 Å². The van der Waals surface area contributed by atoms with E-state index in [-0.39, 0.29) is 11.1 Å². The average Bonchev–Trinajstić information content (AvgIpc) is 2.69. The number of fused-ring (bicyclic) bond motifs is 1. The van der Waals surface area contributed by atoms with Crippen LogP contribution in [0, 0.1) is 5.82 Å². The number of nitrogens with one attached hydrogen (secondary N) is 1. The van der Waals surface area contributed by atoms with E-state index in [1.54, 1.807) is 6.07 Å². The molecule has 0 saturated carbocycles. The Kier molecular flexibility index (Phi) is 3.77. The summed E-state index contributed by atoms with van der Waals surface area (Å²) in [5.74, 6) is 0.303. The minimum atomic E-state index is -0.486. The minimum absolute atomic E-state index is 0.0245. The molecule has 2 aliphatic heterocycles. The summed E-state index contributed by atoms with van der Waals surface area (Å²) in [5.41, 5.74) is 0.418. The molecule has 1 N–H and O–H groups in total. The van der Waals surface area contributed by atoms with E-state index in [1.807, 2.05) is 0 Å². The molecule has 1 saturated heterocycles. The molecule has 0 aromatic heterocycles. The topological polar surface area (TPSA) is 39.7 Å². The Morgan fingerprint density at radius 1 is 1.26 bits per heavy atom. The maximum Gasteiger partial charge on any atom is 0.182 e. The zero-order valence-corrected chi connectivity index (χ0v) is 11.1. The zero-order chi connectivity index (χ0) is 13.2. The maximum absolute atomic E-state index is 14.3. The summed E-state index contributed by atoms with van der Waals surface area (Å²) in [4.78, 5) is 0. The fourth-order valence-electron chi connectivity index (χ4n) is 2.26. The Labute approximate surface area is 115 Å². The molecule has 1 unspecified atom stereocenters. The molecular formula is C13H15ClFNO3. The molecule has 0 spiro atoms. The van der Waals surface area contributed by atoms with Gasteiger partial charge in [-0.05, 0) is 6.07 Å². The molecule has 2 aliphatic rings. The van der Waals surface area contributed by atoms with Gasteiger partial charge in [-0.3, -0.25) is 0 Å². The second-order valence-electron chi connectivity index (χ2n) is 4.54. The molecule has 0 bridgehead atoms. The van der Waals surface area contributed by atoms with Crippen LogP contribution in [0.15, 0.2) is 6.07 Å². The minimum Gasteiger partial charge on any atom is -0.489 e. The zero-order valence-electron chi connectivity index (χ0n) is 10.4. The van der Waals surface area contributed by atoms with Gasteiger partial charge in [-0.1, -0.05) is 11.6 Å². The van der Waals surface area contributed by atoms with Crippen molar-refractivity contribution in [2.45, 2.75) is 12.5 Å². The number of halogens is 2. The Morgan fingerprint density at radius 3 is 2.89 bits per heavy atom. The van der Waals surface area contributed by atoms with Gasteiger partial charge in [0.05, 0.1) is 25.9 Å². The van der Waals surface area contributed by atoms with Crippen molar-refractivity contribution in [3.63, 3.8) is 0 Å². The predicted molar refractivity (Wildman–Crippen MR) is 68.6 cm³/mol. The van der Waals surface area contributed by atoms with E-state index >= 15 is 0 Å². The van der Waals surface area contributed by atoms with Crippen LogP contribution < -0.4 is 14.8 Å². The third kappa shape index (κ3) is 2.50. The van der Waals surface area contributed by atoms with Crippen LogP contribution in [0.5, 0.6) is 11.5 Å². The first kappa shape index (κ1) is 13.0. The van der Waals surface area contributed by atoms with Gasteiger partial charge in [-0.25, -0.2) is 4.39 Å². The highest BCUT2D eigenvalue weighted by molar-refractivity contribution is 6.32. The number of hydrogen-bond donors (Lipinski definition) is 1. The van der Waals surface area contributed by atoms with Crippen molar-refractivity contribution in [3.8, 4) is 11.5 Å². The maximum atomic E-state index is 14.3. The summed E-state index contributed by atoms with van der Waals surface area (Å²) < 4.78 is 30.9. The lowest BCUT2D eigenvalue weighted by Gasteiger charge is -2.25. The highest BCUT2D eigenvalue weighted by Crippen LogP contribution is 2.42. The first-order chi connectivity index (χ1) is 9.27. The molecule has 0 aliphatic carbocycles. The molecule has 1 atom stereocenters. The van der Waals surface area contributed by atoms with Gasteiger partial charge in [0.2, 0.25) is 0 Å². The van der Waals surface area contributed by atoms with Crippen LogP contribution in [0.2, 0.25) is 5.02 Å². The fraction of sp³-hybridized carbons (Fsp3) is 0.538. The van der Waals surface area contributed by atoms with Gasteiger partial charge in [0.15, 0.2) is 17.3 Å². The standard InChI is InChI=1S/C13H15ClFNO3/c14-11-12(15)8(10-7-16-2-5-18-10)6-9-13(11)19-4-1-3-17-9/h6,10,16H,1-5,7H2. The first-order valence-electron chi connectivity index (χ1n) is 6.37. The molecule has 2 heterocycles. The average molecular weight is 288 g/mol. The van der Waals surface area contributed by atoms with E-state index < -0.39 is 5.82 Å². The molecule has 1 fully saturated rings. The van der Waals surface area contributed by atoms with E-state index in [4.69, 9.17) is 25.8 Å². The van der Waals surface area contributed by atoms with Crippen molar-refractivity contribution < 1.29 is 18.6 Å². The van der Waals surface area contributed by atoms with E-state index in [0.29, 0.717) is 43.4 Å². The second-order valence-corrected chi connectivity index (χ2v) is 4.91. The summed E-state index contributed by atoms with van der Waals surface area (Å²) in [7, 11) is 0. The summed E-state index contributed by atoms with van der Waals surface area (Å²) in [6.45, 7) is 2.91. The number of rotatable bonds is 1. The molecule has 19 heavy (non-hydrogen) atoms. The Balaban J connectivity index is 2.00. The first-order valence-corrected chi connectivity index (χ1v) is 6.75. The lowest BCUT2D eigenvalue weighted by atomic mass is 10.1. The third-order valence-corrected chi connectivity index (χ3v) is 3.56. The van der Waals surface area contributed by atoms with E-state index in [1.165, 1.54) is 0 Å². The van der Waals surface area contributed by atoms with Crippen LogP contribution in [0.4, 0.5) is 4.39 Å². The van der Waals surface area contributed by atoms with Crippen LogP contribution in [-0.4, -0.2) is 32.9 Å². The predicted octanol–water partition coefficient (Wildman–Crippen LogP) is 2.30. The summed E-state index contributed by atoms with van der Waals surface area (Å²) in [6.07, 6.45) is 0.409. The van der Waals surface area contributed by atoms with E-state index in [2.05, 4.69) is 5.32 Å². The van der Waals surface area contributed by atoms with E-state index in [9.17, 15) is 4.39 Å². The molecule has 4 nitrogen and oxygen atoms in total. The highest BCUT2D eigenvalue weighted by Gasteiger charge is 2.27. The summed E-state index contributed by atoms with van der Waals surface area (Å²) in [6, 6.07) is 1.64. The monoisotopic (exact) mass is 287 g/mol. The number of benzene rings is 1. The summed E-state index contributed by atoms with van der Waals surface area (Å²) >= 11 is 6.05. The smallest absolute Gasteiger partial charge is 0.182 e. The van der Waals surface area contributed by atoms with E-state index in [0.717, 1.165) is 13.0 Å². The van der Waals surface area contributed by atoms with Gasteiger partial charge in [0, 0.05) is 25.1 Å². The van der Waals surface area contributed by atoms with Crippen molar-refractivity contribution in [2.24, 2.45) is 0 Å². The molecule has 1 aromatic rings. The van der Waals surface area contributed by atoms with Gasteiger partial charge in [-0.15, -0.1) is 0 Å². The van der Waals surface area contributed by atoms with Gasteiger partial charge in [0.1, 0.15) is 5.02 Å². The van der Waals surface area contributed by atoms with Crippen molar-refractivity contribution >= 4 is 11.6 Å². The third-order valence-electron chi connectivity index (χ3n) is 3.22. The normalized spacial score (nSPS) is 22.9. The van der Waals surface area contributed by atoms with Gasteiger partial charge < -0.3 is 19.5 Å². The van der Waals surface area contributed by atoms with Crippen molar-refractivity contribution in [3.05, 3.63) is 22.5 Å². The highest BCUT2D eigenvalue weighted by atomic mass is 35.5. The number of ether oxygens (including phenoxy) is 3. The molecule has 3 rings (SSSR count). The van der Waals surface area contributed by atoms with Crippen molar-refractivity contribution in [1.29, 1.82) is 0 Å². The largest absolute Gasteiger partial charge is 0.489 e. The summed E-state index contributed by atoms with van der Waals surface area (Å²) in [5, 5.41) is 3.14. The molecule has 1 aromatic carbocycles. The Hall–Kier alpha value is -1.04. The Morgan fingerprint density at radius 2 is 2.11 bits per heavy atom. The number of morpholine rings is 1. The molecule has 0 amide bonds. The van der Waals surface area contributed by atoms with Crippen LogP contribution in [0.3, 0.4) is 0 Å². The van der Waals surface area contributed by atoms with Crippen molar-refractivity contribution in [2.75, 3.05) is 32.9 Å². The second kappa shape index (κ2) is 5.53. The lowest BCUT2D eigenvalue weighted by Crippen LogP contribution is -2.33. The molecular weight excluding hydrogens is 273 g/mol. The molecule has 6 heteroatoms. The van der Waals surface area contributed by atoms with Gasteiger partial charge in [0.25, 0.3) is 0 Å².